The zero-order chi connectivity index (χ0) is 15.4. The maximum Gasteiger partial charge on any atom is 0.101 e. The van der Waals surface area contributed by atoms with Crippen molar-refractivity contribution in [2.75, 3.05) is 19.0 Å². The molecule has 0 radical (unpaired) electrons. The summed E-state index contributed by atoms with van der Waals surface area (Å²) in [4.78, 5) is 1.97. The first-order valence-corrected chi connectivity index (χ1v) is 7.16. The van der Waals surface area contributed by atoms with Crippen LogP contribution in [-0.2, 0) is 0 Å². The van der Waals surface area contributed by atoms with Crippen molar-refractivity contribution in [3.63, 3.8) is 0 Å². The Morgan fingerprint density at radius 1 is 1.24 bits per heavy atom. The number of hydrogen-bond acceptors (Lipinski definition) is 3. The van der Waals surface area contributed by atoms with E-state index in [-0.39, 0.29) is 6.04 Å². The van der Waals surface area contributed by atoms with Crippen LogP contribution in [0.25, 0.3) is 0 Å². The van der Waals surface area contributed by atoms with Crippen molar-refractivity contribution in [1.82, 2.24) is 5.32 Å². The van der Waals surface area contributed by atoms with Crippen molar-refractivity contribution in [3.05, 3.63) is 58.6 Å². The van der Waals surface area contributed by atoms with Crippen LogP contribution in [0.2, 0.25) is 5.02 Å². The summed E-state index contributed by atoms with van der Waals surface area (Å²) in [5, 5.41) is 13.1. The molecule has 21 heavy (non-hydrogen) atoms. The predicted octanol–water partition coefficient (Wildman–Crippen LogP) is 4.26. The molecule has 0 saturated heterocycles. The largest absolute Gasteiger partial charge is 0.344 e. The number of nitrogens with zero attached hydrogens (tertiary/aromatic N) is 2. The third kappa shape index (κ3) is 3.18. The van der Waals surface area contributed by atoms with Crippen molar-refractivity contribution >= 4 is 23.0 Å². The van der Waals surface area contributed by atoms with Crippen LogP contribution in [0.5, 0.6) is 0 Å². The lowest BCUT2D eigenvalue weighted by Gasteiger charge is -2.22. The van der Waals surface area contributed by atoms with E-state index in [4.69, 9.17) is 11.6 Å². The fraction of sp³-hybridized carbons (Fsp3) is 0.235. The average molecular weight is 300 g/mol. The summed E-state index contributed by atoms with van der Waals surface area (Å²) in [5.41, 5.74) is 3.52. The number of anilines is 2. The van der Waals surface area contributed by atoms with E-state index >= 15 is 0 Å². The fourth-order valence-electron chi connectivity index (χ4n) is 2.23. The number of nitrogens with one attached hydrogen (secondary N) is 1. The first kappa shape index (κ1) is 15.4. The monoisotopic (exact) mass is 299 g/mol. The molecule has 0 aliphatic rings. The van der Waals surface area contributed by atoms with Crippen LogP contribution in [0.15, 0.2) is 42.5 Å². The predicted molar refractivity (Wildman–Crippen MR) is 88.1 cm³/mol. The molecule has 2 aromatic carbocycles. The molecule has 0 spiro atoms. The van der Waals surface area contributed by atoms with Crippen LogP contribution >= 0.6 is 11.6 Å². The molecule has 0 aliphatic heterocycles. The second-order valence-corrected chi connectivity index (χ2v) is 5.31. The Balaban J connectivity index is 2.39. The molecule has 108 valence electrons. The minimum atomic E-state index is 0.197. The van der Waals surface area contributed by atoms with E-state index in [0.717, 1.165) is 22.0 Å². The molecule has 0 amide bonds. The Morgan fingerprint density at radius 2 is 1.95 bits per heavy atom. The van der Waals surface area contributed by atoms with Crippen LogP contribution in [-0.4, -0.2) is 14.1 Å². The number of hydrogen-bond donors (Lipinski definition) is 1. The first-order chi connectivity index (χ1) is 10.1. The topological polar surface area (TPSA) is 39.1 Å². The van der Waals surface area contributed by atoms with E-state index in [1.165, 1.54) is 0 Å². The maximum atomic E-state index is 9.21. The minimum Gasteiger partial charge on any atom is -0.344 e. The molecule has 2 rings (SSSR count). The minimum absolute atomic E-state index is 0.197. The average Bonchev–Trinajstić information content (AvgIpc) is 2.53. The van der Waals surface area contributed by atoms with Crippen LogP contribution < -0.4 is 10.2 Å². The van der Waals surface area contributed by atoms with Gasteiger partial charge in [-0.3, -0.25) is 0 Å². The Morgan fingerprint density at radius 3 is 2.57 bits per heavy atom. The van der Waals surface area contributed by atoms with Gasteiger partial charge in [0.25, 0.3) is 0 Å². The molecule has 3 nitrogen and oxygen atoms in total. The van der Waals surface area contributed by atoms with Gasteiger partial charge in [0.05, 0.1) is 11.3 Å². The normalized spacial score (nSPS) is 11.8. The van der Waals surface area contributed by atoms with Gasteiger partial charge in [0.1, 0.15) is 6.07 Å². The molecule has 0 aromatic heterocycles. The zero-order valence-electron chi connectivity index (χ0n) is 12.4. The van der Waals surface area contributed by atoms with Crippen molar-refractivity contribution in [3.8, 4) is 6.07 Å². The quantitative estimate of drug-likeness (QED) is 0.917. The van der Waals surface area contributed by atoms with Gasteiger partial charge in [-0.15, -0.1) is 0 Å². The van der Waals surface area contributed by atoms with E-state index in [1.54, 1.807) is 0 Å². The van der Waals surface area contributed by atoms with Gasteiger partial charge in [0, 0.05) is 23.8 Å². The van der Waals surface area contributed by atoms with E-state index < -0.39 is 0 Å². The number of nitriles is 1. The number of benzene rings is 2. The Kier molecular flexibility index (Phi) is 4.85. The first-order valence-electron chi connectivity index (χ1n) is 6.78. The zero-order valence-corrected chi connectivity index (χ0v) is 13.1. The molecule has 0 fully saturated rings. The number of halogens is 1. The summed E-state index contributed by atoms with van der Waals surface area (Å²) in [7, 11) is 3.84. The van der Waals surface area contributed by atoms with E-state index in [9.17, 15) is 5.26 Å². The molecule has 0 bridgehead atoms. The van der Waals surface area contributed by atoms with Crippen molar-refractivity contribution in [2.45, 2.75) is 13.0 Å². The van der Waals surface area contributed by atoms with E-state index in [0.29, 0.717) is 5.56 Å². The number of para-hydroxylation sites is 1. The van der Waals surface area contributed by atoms with Gasteiger partial charge < -0.3 is 10.2 Å². The van der Waals surface area contributed by atoms with Crippen molar-refractivity contribution in [1.29, 1.82) is 5.26 Å². The smallest absolute Gasteiger partial charge is 0.101 e. The summed E-state index contributed by atoms with van der Waals surface area (Å²) >= 11 is 6.38. The Labute approximate surface area is 130 Å². The molecular weight excluding hydrogens is 282 g/mol. The van der Waals surface area contributed by atoms with Crippen molar-refractivity contribution in [2.24, 2.45) is 0 Å². The second-order valence-electron chi connectivity index (χ2n) is 4.90. The Bertz CT molecular complexity index is 676. The maximum absolute atomic E-state index is 9.21. The molecule has 1 atom stereocenters. The van der Waals surface area contributed by atoms with Gasteiger partial charge in [0.15, 0.2) is 0 Å². The second kappa shape index (κ2) is 6.62. The summed E-state index contributed by atoms with van der Waals surface area (Å²) in [5.74, 6) is 0. The molecule has 1 N–H and O–H groups in total. The lowest BCUT2D eigenvalue weighted by atomic mass is 10.1. The molecule has 4 heteroatoms. The number of rotatable bonds is 4. The highest BCUT2D eigenvalue weighted by atomic mass is 35.5. The van der Waals surface area contributed by atoms with Gasteiger partial charge in [-0.2, -0.15) is 5.26 Å². The van der Waals surface area contributed by atoms with Gasteiger partial charge >= 0.3 is 0 Å². The summed E-state index contributed by atoms with van der Waals surface area (Å²) in [6.07, 6.45) is 0. The molecule has 0 saturated carbocycles. The lowest BCUT2D eigenvalue weighted by Crippen LogP contribution is -2.14. The van der Waals surface area contributed by atoms with Gasteiger partial charge in [-0.1, -0.05) is 29.8 Å². The SMILES string of the molecule is CNC(C)c1ccc(N(C)c2ccccc2C#N)cc1Cl. The van der Waals surface area contributed by atoms with Crippen LogP contribution in [0.4, 0.5) is 11.4 Å². The van der Waals surface area contributed by atoms with Gasteiger partial charge in [-0.25, -0.2) is 0 Å². The summed E-state index contributed by atoms with van der Waals surface area (Å²) in [6, 6.07) is 15.9. The van der Waals surface area contributed by atoms with Gasteiger partial charge in [0.2, 0.25) is 0 Å². The summed E-state index contributed by atoms with van der Waals surface area (Å²) < 4.78 is 0. The van der Waals surface area contributed by atoms with Crippen LogP contribution in [0.1, 0.15) is 24.1 Å². The van der Waals surface area contributed by atoms with E-state index in [2.05, 4.69) is 18.3 Å². The third-order valence-corrected chi connectivity index (χ3v) is 3.98. The fourth-order valence-corrected chi connectivity index (χ4v) is 2.57. The molecule has 2 aromatic rings. The lowest BCUT2D eigenvalue weighted by molar-refractivity contribution is 0.652. The molecule has 0 heterocycles. The highest BCUT2D eigenvalue weighted by molar-refractivity contribution is 6.31. The van der Waals surface area contributed by atoms with Crippen LogP contribution in [0.3, 0.4) is 0 Å². The van der Waals surface area contributed by atoms with Crippen molar-refractivity contribution < 1.29 is 0 Å². The van der Waals surface area contributed by atoms with Crippen LogP contribution in [0, 0.1) is 11.3 Å². The highest BCUT2D eigenvalue weighted by Crippen LogP contribution is 2.31. The Hall–Kier alpha value is -2.02. The molecule has 0 aliphatic carbocycles. The standard InChI is InChI=1S/C17H18ClN3/c1-12(20-2)15-9-8-14(10-16(15)18)21(3)17-7-5-4-6-13(17)11-19/h4-10,12,20H,1-3H3. The van der Waals surface area contributed by atoms with E-state index in [1.807, 2.05) is 61.5 Å². The summed E-state index contributed by atoms with van der Waals surface area (Å²) in [6.45, 7) is 2.07. The molecule has 1 unspecified atom stereocenters. The highest BCUT2D eigenvalue weighted by Gasteiger charge is 2.12. The molecular formula is C17H18ClN3. The third-order valence-electron chi connectivity index (χ3n) is 3.66. The van der Waals surface area contributed by atoms with Gasteiger partial charge in [-0.05, 0) is 43.8 Å².